The number of carbonyl (C=O) groups is 3. The number of carbonyl (C=O) groups excluding carboxylic acids is 2. The van der Waals surface area contributed by atoms with Gasteiger partial charge in [0.15, 0.2) is 11.6 Å². The number of carboxylic acids is 1. The molecule has 1 aliphatic heterocycles. The number of benzene rings is 2. The van der Waals surface area contributed by atoms with E-state index in [1.54, 1.807) is 7.11 Å². The molecule has 2 aromatic carbocycles. The number of Topliss-reactive ketones (excluding diaryl/α,β-unsaturated/α-hetero) is 2. The van der Waals surface area contributed by atoms with E-state index in [0.29, 0.717) is 60.5 Å². The van der Waals surface area contributed by atoms with Gasteiger partial charge in [-0.15, -0.1) is 0 Å². The van der Waals surface area contributed by atoms with Gasteiger partial charge in [-0.05, 0) is 39.7 Å². The highest BCUT2D eigenvalue weighted by molar-refractivity contribution is 6.08. The molecule has 2 aromatic rings. The summed E-state index contributed by atoms with van der Waals surface area (Å²) in [7, 11) is 1.60. The molecule has 0 bridgehead atoms. The van der Waals surface area contributed by atoms with Crippen molar-refractivity contribution in [3.63, 3.8) is 0 Å². The summed E-state index contributed by atoms with van der Waals surface area (Å²) in [4.78, 5) is 38.5. The smallest absolute Gasteiger partial charge is 0.303 e. The summed E-state index contributed by atoms with van der Waals surface area (Å²) in [6.07, 6.45) is 2.51. The number of rotatable bonds is 5. The molecule has 1 heterocycles. The van der Waals surface area contributed by atoms with Crippen LogP contribution < -0.4 is 4.74 Å². The summed E-state index contributed by atoms with van der Waals surface area (Å²) in [5.41, 5.74) is 2.42. The molecule has 0 atom stereocenters. The Bertz CT molecular complexity index is 1350. The SMILES string of the molecule is COc1ccc2cc(CCC(=O)O)ccc2c1C1C2=C(CC(C)(C)CC2=O)OC2=C1C(=O)CC(C)(C)C2. The Morgan fingerprint density at radius 1 is 0.946 bits per heavy atom. The molecule has 0 unspecified atom stereocenters. The molecule has 0 amide bonds. The molecule has 0 radical (unpaired) electrons. The maximum atomic E-state index is 13.7. The molecule has 6 heteroatoms. The largest absolute Gasteiger partial charge is 0.496 e. The van der Waals surface area contributed by atoms with E-state index in [2.05, 4.69) is 27.7 Å². The van der Waals surface area contributed by atoms with Crippen LogP contribution in [0.5, 0.6) is 5.75 Å². The molecule has 6 nitrogen and oxygen atoms in total. The molecular formula is C31H34O6. The molecule has 0 aromatic heterocycles. The van der Waals surface area contributed by atoms with Gasteiger partial charge < -0.3 is 14.6 Å². The Morgan fingerprint density at radius 3 is 2.08 bits per heavy atom. The van der Waals surface area contributed by atoms with Crippen LogP contribution in [0, 0.1) is 10.8 Å². The predicted molar refractivity (Wildman–Crippen MR) is 140 cm³/mol. The lowest BCUT2D eigenvalue weighted by Crippen LogP contribution is -2.37. The van der Waals surface area contributed by atoms with Gasteiger partial charge in [-0.1, -0.05) is 52.0 Å². The zero-order chi connectivity index (χ0) is 26.7. The van der Waals surface area contributed by atoms with Crippen LogP contribution in [0.1, 0.15) is 76.8 Å². The zero-order valence-corrected chi connectivity index (χ0v) is 22.2. The topological polar surface area (TPSA) is 89.9 Å². The molecule has 0 saturated carbocycles. The molecule has 0 saturated heterocycles. The summed E-state index contributed by atoms with van der Waals surface area (Å²) in [5, 5.41) is 10.9. The second-order valence-electron chi connectivity index (χ2n) is 12.2. The zero-order valence-electron chi connectivity index (χ0n) is 22.2. The van der Waals surface area contributed by atoms with Gasteiger partial charge in [0.1, 0.15) is 17.3 Å². The van der Waals surface area contributed by atoms with Crippen LogP contribution in [0.2, 0.25) is 0 Å². The lowest BCUT2D eigenvalue weighted by atomic mass is 9.65. The number of hydrogen-bond donors (Lipinski definition) is 1. The Morgan fingerprint density at radius 2 is 1.54 bits per heavy atom. The Kier molecular flexibility index (Phi) is 6.05. The highest BCUT2D eigenvalue weighted by atomic mass is 16.5. The van der Waals surface area contributed by atoms with Crippen molar-refractivity contribution in [3.8, 4) is 5.75 Å². The number of methoxy groups -OCH3 is 1. The number of ether oxygens (including phenoxy) is 2. The van der Waals surface area contributed by atoms with E-state index >= 15 is 0 Å². The third-order valence-corrected chi connectivity index (χ3v) is 7.80. The minimum absolute atomic E-state index is 0.0116. The van der Waals surface area contributed by atoms with Crippen molar-refractivity contribution in [2.75, 3.05) is 7.11 Å². The van der Waals surface area contributed by atoms with E-state index in [9.17, 15) is 14.4 Å². The molecule has 1 N–H and O–H groups in total. The Labute approximate surface area is 217 Å². The monoisotopic (exact) mass is 502 g/mol. The number of aliphatic carboxylic acids is 1. The number of hydrogen-bond acceptors (Lipinski definition) is 5. The minimum Gasteiger partial charge on any atom is -0.496 e. The van der Waals surface area contributed by atoms with Crippen molar-refractivity contribution < 1.29 is 29.0 Å². The van der Waals surface area contributed by atoms with E-state index in [1.807, 2.05) is 30.3 Å². The quantitative estimate of drug-likeness (QED) is 0.519. The van der Waals surface area contributed by atoms with E-state index in [1.165, 1.54) is 0 Å². The van der Waals surface area contributed by atoms with Crippen LogP contribution in [-0.2, 0) is 25.5 Å². The first-order valence-electron chi connectivity index (χ1n) is 12.9. The van der Waals surface area contributed by atoms with Gasteiger partial charge in [0.05, 0.1) is 13.0 Å². The van der Waals surface area contributed by atoms with Gasteiger partial charge in [0, 0.05) is 48.8 Å². The number of allylic oxidation sites excluding steroid dienone is 4. The van der Waals surface area contributed by atoms with Gasteiger partial charge in [0.2, 0.25) is 0 Å². The van der Waals surface area contributed by atoms with Crippen LogP contribution >= 0.6 is 0 Å². The second kappa shape index (κ2) is 8.86. The van der Waals surface area contributed by atoms with E-state index in [4.69, 9.17) is 14.6 Å². The van der Waals surface area contributed by atoms with E-state index in [0.717, 1.165) is 21.9 Å². The van der Waals surface area contributed by atoms with E-state index in [-0.39, 0.29) is 28.8 Å². The van der Waals surface area contributed by atoms with Gasteiger partial charge >= 0.3 is 5.97 Å². The highest BCUT2D eigenvalue weighted by Gasteiger charge is 2.48. The molecule has 0 spiro atoms. The van der Waals surface area contributed by atoms with Crippen LogP contribution in [0.15, 0.2) is 53.0 Å². The molecular weight excluding hydrogens is 468 g/mol. The van der Waals surface area contributed by atoms with Crippen molar-refractivity contribution in [1.29, 1.82) is 0 Å². The minimum atomic E-state index is -0.839. The molecule has 194 valence electrons. The first-order chi connectivity index (χ1) is 17.4. The second-order valence-corrected chi connectivity index (χ2v) is 12.2. The molecule has 2 aliphatic carbocycles. The summed E-state index contributed by atoms with van der Waals surface area (Å²) in [6.45, 7) is 8.29. The first kappa shape index (κ1) is 25.2. The fraction of sp³-hybridized carbons (Fsp3) is 0.452. The van der Waals surface area contributed by atoms with Gasteiger partial charge in [-0.25, -0.2) is 0 Å². The van der Waals surface area contributed by atoms with Crippen LogP contribution in [0.25, 0.3) is 10.8 Å². The first-order valence-corrected chi connectivity index (χ1v) is 12.9. The van der Waals surface area contributed by atoms with Crippen LogP contribution in [0.3, 0.4) is 0 Å². The number of fused-ring (bicyclic) bond motifs is 1. The maximum Gasteiger partial charge on any atom is 0.303 e. The normalized spacial score (nSPS) is 21.0. The van der Waals surface area contributed by atoms with Gasteiger partial charge in [-0.3, -0.25) is 14.4 Å². The lowest BCUT2D eigenvalue weighted by molar-refractivity contribution is -0.137. The molecule has 37 heavy (non-hydrogen) atoms. The van der Waals surface area contributed by atoms with Crippen molar-refractivity contribution in [1.82, 2.24) is 0 Å². The summed E-state index contributed by atoms with van der Waals surface area (Å²) in [6, 6.07) is 9.71. The summed E-state index contributed by atoms with van der Waals surface area (Å²) < 4.78 is 12.3. The highest BCUT2D eigenvalue weighted by Crippen LogP contribution is 2.55. The molecule has 5 rings (SSSR count). The standard InChI is InChI=1S/C31H34O6/c1-30(2)13-20(32)27-23(15-30)37-24-16-31(3,4)14-21(33)28(24)29(27)26-19-9-6-17(7-11-25(34)35)12-18(19)8-10-22(26)36-5/h6,8-10,12,29H,7,11,13-16H2,1-5H3,(H,34,35). The Balaban J connectivity index is 1.76. The lowest BCUT2D eigenvalue weighted by Gasteiger charge is -2.43. The van der Waals surface area contributed by atoms with Crippen molar-refractivity contribution in [2.45, 2.75) is 72.1 Å². The third-order valence-electron chi connectivity index (χ3n) is 7.80. The predicted octanol–water partition coefficient (Wildman–Crippen LogP) is 6.27. The average molecular weight is 503 g/mol. The number of aryl methyl sites for hydroxylation is 1. The van der Waals surface area contributed by atoms with Crippen molar-refractivity contribution in [2.24, 2.45) is 10.8 Å². The molecule has 3 aliphatic rings. The summed E-state index contributed by atoms with van der Waals surface area (Å²) in [5.74, 6) is 0.589. The maximum absolute atomic E-state index is 13.7. The van der Waals surface area contributed by atoms with E-state index < -0.39 is 11.9 Å². The summed E-state index contributed by atoms with van der Waals surface area (Å²) >= 11 is 0. The van der Waals surface area contributed by atoms with Crippen LogP contribution in [0.4, 0.5) is 0 Å². The number of ketones is 2. The third kappa shape index (κ3) is 4.58. The van der Waals surface area contributed by atoms with Crippen LogP contribution in [-0.4, -0.2) is 29.8 Å². The van der Waals surface area contributed by atoms with Gasteiger partial charge in [0.25, 0.3) is 0 Å². The average Bonchev–Trinajstić information content (AvgIpc) is 2.78. The number of carboxylic acid groups (broad SMARTS) is 1. The Hall–Kier alpha value is -3.41. The fourth-order valence-electron chi connectivity index (χ4n) is 6.23. The van der Waals surface area contributed by atoms with Crippen molar-refractivity contribution in [3.05, 3.63) is 64.1 Å². The van der Waals surface area contributed by atoms with Crippen molar-refractivity contribution >= 4 is 28.3 Å². The fourth-order valence-corrected chi connectivity index (χ4v) is 6.23. The molecule has 0 fully saturated rings. The van der Waals surface area contributed by atoms with Gasteiger partial charge in [-0.2, -0.15) is 0 Å².